The van der Waals surface area contributed by atoms with Crippen molar-refractivity contribution < 1.29 is 26.7 Å². The van der Waals surface area contributed by atoms with Gasteiger partial charge in [0.05, 0.1) is 17.4 Å². The molecule has 0 aliphatic rings. The lowest BCUT2D eigenvalue weighted by atomic mass is 10.1. The third-order valence-electron chi connectivity index (χ3n) is 3.99. The normalized spacial score (nSPS) is 11.4. The maximum absolute atomic E-state index is 14.7. The van der Waals surface area contributed by atoms with E-state index in [2.05, 4.69) is 27.2 Å². The lowest BCUT2D eigenvalue weighted by Crippen LogP contribution is -2.17. The molecule has 152 valence electrons. The minimum Gasteiger partial charge on any atom is -0.373 e. The Balaban J connectivity index is 2.11. The smallest absolute Gasteiger partial charge is 0.373 e. The molecule has 3 rings (SSSR count). The number of nitrogens with two attached hydrogens (primary N) is 1. The molecule has 0 atom stereocenters. The summed E-state index contributed by atoms with van der Waals surface area (Å²) in [6, 6.07) is 0.716. The van der Waals surface area contributed by atoms with E-state index < -0.39 is 41.3 Å². The number of amides is 1. The lowest BCUT2D eigenvalue weighted by Gasteiger charge is -2.08. The molecule has 0 spiro atoms. The van der Waals surface area contributed by atoms with Crippen LogP contribution in [0.25, 0.3) is 11.0 Å². The average molecular weight is 412 g/mol. The summed E-state index contributed by atoms with van der Waals surface area (Å²) in [7, 11) is 3.02. The molecule has 2 heterocycles. The second-order valence-electron chi connectivity index (χ2n) is 5.96. The molecule has 0 radical (unpaired) electrons. The van der Waals surface area contributed by atoms with Crippen LogP contribution in [0.5, 0.6) is 0 Å². The molecule has 2 aromatic heterocycles. The number of aromatic nitrogens is 4. The molecule has 0 aliphatic carbocycles. The van der Waals surface area contributed by atoms with Crippen LogP contribution in [0.15, 0.2) is 12.4 Å². The number of benzene rings is 1. The van der Waals surface area contributed by atoms with E-state index in [1.54, 1.807) is 0 Å². The Kier molecular flexibility index (Phi) is 4.91. The van der Waals surface area contributed by atoms with E-state index in [-0.39, 0.29) is 22.6 Å². The van der Waals surface area contributed by atoms with Gasteiger partial charge in [-0.15, -0.1) is 0 Å². The number of anilines is 1. The van der Waals surface area contributed by atoms with Gasteiger partial charge in [0.25, 0.3) is 5.91 Å². The summed E-state index contributed by atoms with van der Waals surface area (Å²) in [5, 5.41) is 6.69. The van der Waals surface area contributed by atoms with Gasteiger partial charge in [0.15, 0.2) is 11.5 Å². The summed E-state index contributed by atoms with van der Waals surface area (Å²) < 4.78 is 68.7. The van der Waals surface area contributed by atoms with Crippen LogP contribution in [0.2, 0.25) is 0 Å². The molecule has 7 nitrogen and oxygen atoms in total. The lowest BCUT2D eigenvalue weighted by molar-refractivity contribution is -0.140. The standard InChI is InChI=1S/C17H13F5N6O/c1-24-16-12(15(23)29)10(26-27(16)2)4-3-8-9(18)5-11-14(13(8)19)25-7-28(11)6-17(20,21)22/h5,7,24H,6H2,1-2H3,(H2,23,29). The van der Waals surface area contributed by atoms with Crippen molar-refractivity contribution in [2.45, 2.75) is 12.7 Å². The zero-order valence-electron chi connectivity index (χ0n) is 15.0. The molecule has 3 N–H and O–H groups in total. The number of carbonyl (C=O) groups excluding carboxylic acids is 1. The molecule has 0 fully saturated rings. The van der Waals surface area contributed by atoms with Crippen molar-refractivity contribution >= 4 is 22.8 Å². The van der Waals surface area contributed by atoms with E-state index in [0.29, 0.717) is 10.6 Å². The Morgan fingerprint density at radius 3 is 2.59 bits per heavy atom. The summed E-state index contributed by atoms with van der Waals surface area (Å²) >= 11 is 0. The molecular formula is C17H13F5N6O. The third kappa shape index (κ3) is 3.71. The molecule has 12 heteroatoms. The van der Waals surface area contributed by atoms with E-state index >= 15 is 0 Å². The van der Waals surface area contributed by atoms with Gasteiger partial charge in [-0.1, -0.05) is 5.92 Å². The maximum Gasteiger partial charge on any atom is 0.406 e. The van der Waals surface area contributed by atoms with Gasteiger partial charge in [-0.2, -0.15) is 18.3 Å². The van der Waals surface area contributed by atoms with Gasteiger partial charge in [0.1, 0.15) is 29.3 Å². The first-order valence-electron chi connectivity index (χ1n) is 7.99. The van der Waals surface area contributed by atoms with Crippen molar-refractivity contribution in [3.05, 3.63) is 40.8 Å². The van der Waals surface area contributed by atoms with Crippen LogP contribution in [0.4, 0.5) is 27.8 Å². The van der Waals surface area contributed by atoms with Crippen LogP contribution in [-0.4, -0.2) is 38.5 Å². The summed E-state index contributed by atoms with van der Waals surface area (Å²) in [4.78, 5) is 15.2. The van der Waals surface area contributed by atoms with Gasteiger partial charge < -0.3 is 15.6 Å². The highest BCUT2D eigenvalue weighted by Crippen LogP contribution is 2.26. The fourth-order valence-corrected chi connectivity index (χ4v) is 2.81. The SMILES string of the molecule is CNc1c(C(N)=O)c(C#Cc2c(F)cc3c(ncn3CC(F)(F)F)c2F)nn1C. The number of aryl methyl sites for hydroxylation is 1. The number of nitrogens with one attached hydrogen (secondary N) is 1. The van der Waals surface area contributed by atoms with Gasteiger partial charge in [0, 0.05) is 20.2 Å². The second-order valence-corrected chi connectivity index (χ2v) is 5.96. The first-order chi connectivity index (χ1) is 13.5. The Bertz CT molecular complexity index is 1180. The highest BCUT2D eigenvalue weighted by molar-refractivity contribution is 6.00. The fourth-order valence-electron chi connectivity index (χ4n) is 2.81. The number of alkyl halides is 3. The predicted molar refractivity (Wildman–Crippen MR) is 93.0 cm³/mol. The van der Waals surface area contributed by atoms with Crippen LogP contribution in [0.1, 0.15) is 21.6 Å². The molecule has 1 aromatic carbocycles. The summed E-state index contributed by atoms with van der Waals surface area (Å²) in [5.41, 5.74) is 3.57. The molecular weight excluding hydrogens is 399 g/mol. The number of hydrogen-bond acceptors (Lipinski definition) is 4. The Morgan fingerprint density at radius 1 is 1.31 bits per heavy atom. The number of nitrogens with zero attached hydrogens (tertiary/aromatic N) is 4. The molecule has 0 saturated heterocycles. The summed E-state index contributed by atoms with van der Waals surface area (Å²) in [6.45, 7) is -1.45. The number of hydrogen-bond donors (Lipinski definition) is 2. The minimum absolute atomic E-state index is 0.0705. The summed E-state index contributed by atoms with van der Waals surface area (Å²) in [5.74, 6) is 1.60. The number of rotatable bonds is 3. The number of imidazole rings is 1. The van der Waals surface area contributed by atoms with E-state index in [1.165, 1.54) is 18.8 Å². The molecule has 0 bridgehead atoms. The van der Waals surface area contributed by atoms with Crippen LogP contribution in [0.3, 0.4) is 0 Å². The van der Waals surface area contributed by atoms with E-state index in [1.807, 2.05) is 0 Å². The molecule has 29 heavy (non-hydrogen) atoms. The molecule has 1 amide bonds. The Morgan fingerprint density at radius 2 is 2.00 bits per heavy atom. The topological polar surface area (TPSA) is 90.8 Å². The predicted octanol–water partition coefficient (Wildman–Crippen LogP) is 2.15. The molecule has 3 aromatic rings. The first-order valence-corrected chi connectivity index (χ1v) is 7.99. The zero-order valence-corrected chi connectivity index (χ0v) is 15.0. The van der Waals surface area contributed by atoms with Crippen molar-refractivity contribution in [2.24, 2.45) is 12.8 Å². The number of carbonyl (C=O) groups is 1. The monoisotopic (exact) mass is 412 g/mol. The third-order valence-corrected chi connectivity index (χ3v) is 3.99. The van der Waals surface area contributed by atoms with Gasteiger partial charge >= 0.3 is 6.18 Å². The van der Waals surface area contributed by atoms with Crippen LogP contribution < -0.4 is 11.1 Å². The van der Waals surface area contributed by atoms with Crippen molar-refractivity contribution in [1.82, 2.24) is 19.3 Å². The quantitative estimate of drug-likeness (QED) is 0.510. The number of fused-ring (bicyclic) bond motifs is 1. The number of primary amides is 1. The Hall–Kier alpha value is -3.62. The van der Waals surface area contributed by atoms with Gasteiger partial charge in [-0.25, -0.2) is 13.8 Å². The second kappa shape index (κ2) is 7.08. The van der Waals surface area contributed by atoms with Gasteiger partial charge in [-0.3, -0.25) is 9.48 Å². The highest BCUT2D eigenvalue weighted by Gasteiger charge is 2.29. The minimum atomic E-state index is -4.59. The van der Waals surface area contributed by atoms with E-state index in [0.717, 1.165) is 6.33 Å². The molecule has 0 saturated carbocycles. The summed E-state index contributed by atoms with van der Waals surface area (Å²) in [6.07, 6.45) is -3.82. The highest BCUT2D eigenvalue weighted by atomic mass is 19.4. The van der Waals surface area contributed by atoms with Crippen LogP contribution in [-0.2, 0) is 13.6 Å². The van der Waals surface area contributed by atoms with Crippen molar-refractivity contribution in [3.63, 3.8) is 0 Å². The molecule has 0 aliphatic heterocycles. The van der Waals surface area contributed by atoms with E-state index in [9.17, 15) is 26.7 Å². The van der Waals surface area contributed by atoms with Gasteiger partial charge in [-0.05, 0) is 5.92 Å². The maximum atomic E-state index is 14.7. The molecule has 0 unspecified atom stereocenters. The first kappa shape index (κ1) is 20.1. The van der Waals surface area contributed by atoms with Crippen molar-refractivity contribution in [2.75, 3.05) is 12.4 Å². The zero-order chi connectivity index (χ0) is 21.5. The number of halogens is 5. The fraction of sp³-hybridized carbons (Fsp3) is 0.235. The van der Waals surface area contributed by atoms with Gasteiger partial charge in [0.2, 0.25) is 0 Å². The van der Waals surface area contributed by atoms with Crippen LogP contribution in [0, 0.1) is 23.5 Å². The Labute approximate surface area is 160 Å². The van der Waals surface area contributed by atoms with Crippen molar-refractivity contribution in [3.8, 4) is 11.8 Å². The average Bonchev–Trinajstić information content (AvgIpc) is 3.14. The van der Waals surface area contributed by atoms with E-state index in [4.69, 9.17) is 5.73 Å². The largest absolute Gasteiger partial charge is 0.406 e. The van der Waals surface area contributed by atoms with Crippen LogP contribution >= 0.6 is 0 Å². The van der Waals surface area contributed by atoms with Crippen molar-refractivity contribution in [1.29, 1.82) is 0 Å².